The normalized spacial score (nSPS) is 12.9. The molecular weight excluding hydrogens is 288 g/mol. The number of ketones is 2. The summed E-state index contributed by atoms with van der Waals surface area (Å²) in [6.45, 7) is 4.51. The molecule has 6 heteroatoms. The Kier molecular flexibility index (Phi) is 4.21. The van der Waals surface area contributed by atoms with Crippen molar-refractivity contribution in [3.63, 3.8) is 0 Å². The quantitative estimate of drug-likeness (QED) is 0.627. The van der Waals surface area contributed by atoms with Gasteiger partial charge in [-0.3, -0.25) is 14.4 Å². The smallest absolute Gasteiger partial charge is 0.338 e. The van der Waals surface area contributed by atoms with Crippen LogP contribution in [-0.2, 0) is 9.53 Å². The second kappa shape index (κ2) is 5.93. The second-order valence-corrected chi connectivity index (χ2v) is 4.68. The average Bonchev–Trinajstić information content (AvgIpc) is 2.45. The lowest BCUT2D eigenvalue weighted by atomic mass is 9.89. The van der Waals surface area contributed by atoms with E-state index in [1.165, 1.54) is 19.9 Å². The van der Waals surface area contributed by atoms with Crippen LogP contribution in [-0.4, -0.2) is 30.1 Å². The third-order valence-electron chi connectivity index (χ3n) is 3.17. The number of fused-ring (bicyclic) bond motifs is 1. The molecule has 0 amide bonds. The van der Waals surface area contributed by atoms with Gasteiger partial charge in [-0.1, -0.05) is 0 Å². The number of ether oxygens (including phenoxy) is 2. The molecule has 0 radical (unpaired) electrons. The molecule has 0 N–H and O–H groups in total. The molecule has 1 aromatic rings. The summed E-state index contributed by atoms with van der Waals surface area (Å²) in [6.07, 6.45) is 2.23. The van der Waals surface area contributed by atoms with Crippen molar-refractivity contribution in [2.75, 3.05) is 6.61 Å². The molecule has 0 spiro atoms. The first-order chi connectivity index (χ1) is 10.4. The van der Waals surface area contributed by atoms with Gasteiger partial charge in [-0.2, -0.15) is 0 Å². The lowest BCUT2D eigenvalue weighted by molar-refractivity contribution is -0.131. The Morgan fingerprint density at radius 1 is 1.14 bits per heavy atom. The zero-order chi connectivity index (χ0) is 16.4. The molecule has 0 aliphatic heterocycles. The van der Waals surface area contributed by atoms with Crippen LogP contribution in [0.5, 0.6) is 5.75 Å². The van der Waals surface area contributed by atoms with Crippen LogP contribution in [0.1, 0.15) is 50.5 Å². The number of benzene rings is 1. The van der Waals surface area contributed by atoms with Crippen molar-refractivity contribution in [1.29, 1.82) is 0 Å². The number of allylic oxidation sites excluding steroid dienone is 2. The van der Waals surface area contributed by atoms with Gasteiger partial charge in [0.1, 0.15) is 5.75 Å². The van der Waals surface area contributed by atoms with E-state index in [-0.39, 0.29) is 34.6 Å². The van der Waals surface area contributed by atoms with Gasteiger partial charge in [-0.25, -0.2) is 4.79 Å². The Bertz CT molecular complexity index is 727. The van der Waals surface area contributed by atoms with E-state index in [1.54, 1.807) is 6.92 Å². The second-order valence-electron chi connectivity index (χ2n) is 4.68. The van der Waals surface area contributed by atoms with Crippen molar-refractivity contribution in [3.8, 4) is 5.75 Å². The van der Waals surface area contributed by atoms with E-state index in [1.807, 2.05) is 0 Å². The van der Waals surface area contributed by atoms with Crippen LogP contribution in [0.25, 0.3) is 0 Å². The summed E-state index contributed by atoms with van der Waals surface area (Å²) in [4.78, 5) is 47.3. The van der Waals surface area contributed by atoms with Gasteiger partial charge in [0, 0.05) is 18.1 Å². The van der Waals surface area contributed by atoms with Crippen molar-refractivity contribution in [2.45, 2.75) is 20.8 Å². The van der Waals surface area contributed by atoms with Crippen LogP contribution in [0, 0.1) is 6.92 Å². The summed E-state index contributed by atoms with van der Waals surface area (Å²) in [5.74, 6) is -2.26. The molecule has 1 aromatic carbocycles. The Balaban J connectivity index is 2.74. The number of rotatable bonds is 3. The van der Waals surface area contributed by atoms with E-state index in [0.29, 0.717) is 0 Å². The van der Waals surface area contributed by atoms with Crippen molar-refractivity contribution >= 4 is 23.5 Å². The number of hydrogen-bond acceptors (Lipinski definition) is 6. The molecule has 0 unspecified atom stereocenters. The van der Waals surface area contributed by atoms with E-state index in [2.05, 4.69) is 0 Å². The molecular formula is C16H14O6. The number of hydrogen-bond donors (Lipinski definition) is 0. The first-order valence-corrected chi connectivity index (χ1v) is 6.66. The highest BCUT2D eigenvalue weighted by Crippen LogP contribution is 2.33. The van der Waals surface area contributed by atoms with Gasteiger partial charge in [-0.15, -0.1) is 0 Å². The molecule has 0 atom stereocenters. The van der Waals surface area contributed by atoms with Crippen molar-refractivity contribution < 1.29 is 28.7 Å². The van der Waals surface area contributed by atoms with Gasteiger partial charge in [0.15, 0.2) is 11.6 Å². The molecule has 0 saturated heterocycles. The predicted molar refractivity (Wildman–Crippen MR) is 76.2 cm³/mol. The van der Waals surface area contributed by atoms with Crippen LogP contribution in [0.4, 0.5) is 0 Å². The van der Waals surface area contributed by atoms with E-state index in [4.69, 9.17) is 9.47 Å². The number of carbonyl (C=O) groups is 4. The standard InChI is InChI=1S/C16H14O6/c1-4-21-16(20)10-7-11-12(18)5-6-13(19)14(11)15(8(10)2)22-9(3)17/h5-7H,4H2,1-3H3. The largest absolute Gasteiger partial charge is 0.462 e. The van der Waals surface area contributed by atoms with Gasteiger partial charge in [-0.05, 0) is 32.1 Å². The molecule has 6 nitrogen and oxygen atoms in total. The fourth-order valence-corrected chi connectivity index (χ4v) is 2.21. The van der Waals surface area contributed by atoms with Crippen molar-refractivity contribution in [2.24, 2.45) is 0 Å². The summed E-state index contributed by atoms with van der Waals surface area (Å²) in [5, 5.41) is 0. The molecule has 0 bridgehead atoms. The SMILES string of the molecule is CCOC(=O)c1cc2c(c(OC(C)=O)c1C)C(=O)C=CC2=O. The first kappa shape index (κ1) is 15.6. The zero-order valence-electron chi connectivity index (χ0n) is 12.4. The highest BCUT2D eigenvalue weighted by atomic mass is 16.5. The predicted octanol–water partition coefficient (Wildman–Crippen LogP) is 2.03. The van der Waals surface area contributed by atoms with Gasteiger partial charge >= 0.3 is 11.9 Å². The van der Waals surface area contributed by atoms with E-state index in [9.17, 15) is 19.2 Å². The number of carbonyl (C=O) groups excluding carboxylic acids is 4. The minimum atomic E-state index is -0.652. The molecule has 1 aliphatic carbocycles. The number of esters is 2. The molecule has 22 heavy (non-hydrogen) atoms. The summed E-state index contributed by atoms with van der Waals surface area (Å²) in [7, 11) is 0. The maximum atomic E-state index is 12.0. The minimum absolute atomic E-state index is 0.00625. The Morgan fingerprint density at radius 3 is 2.36 bits per heavy atom. The van der Waals surface area contributed by atoms with Crippen LogP contribution < -0.4 is 4.74 Å². The molecule has 0 saturated carbocycles. The van der Waals surface area contributed by atoms with E-state index < -0.39 is 23.5 Å². The maximum Gasteiger partial charge on any atom is 0.338 e. The average molecular weight is 302 g/mol. The molecule has 114 valence electrons. The topological polar surface area (TPSA) is 86.7 Å². The summed E-state index contributed by atoms with van der Waals surface area (Å²) in [5.41, 5.74) is 0.391. The first-order valence-electron chi connectivity index (χ1n) is 6.66. The lowest BCUT2D eigenvalue weighted by Crippen LogP contribution is -2.19. The third kappa shape index (κ3) is 2.67. The van der Waals surface area contributed by atoms with Crippen LogP contribution >= 0.6 is 0 Å². The van der Waals surface area contributed by atoms with Crippen molar-refractivity contribution in [3.05, 3.63) is 40.5 Å². The monoisotopic (exact) mass is 302 g/mol. The minimum Gasteiger partial charge on any atom is -0.462 e. The Hall–Kier alpha value is -2.76. The zero-order valence-corrected chi connectivity index (χ0v) is 12.4. The molecule has 0 fully saturated rings. The highest BCUT2D eigenvalue weighted by molar-refractivity contribution is 6.24. The Morgan fingerprint density at radius 2 is 1.77 bits per heavy atom. The molecule has 0 heterocycles. The van der Waals surface area contributed by atoms with Gasteiger partial charge in [0.25, 0.3) is 0 Å². The summed E-state index contributed by atoms with van der Waals surface area (Å²) in [6, 6.07) is 1.30. The lowest BCUT2D eigenvalue weighted by Gasteiger charge is -2.18. The third-order valence-corrected chi connectivity index (χ3v) is 3.17. The highest BCUT2D eigenvalue weighted by Gasteiger charge is 2.29. The van der Waals surface area contributed by atoms with E-state index >= 15 is 0 Å². The Labute approximate surface area is 126 Å². The van der Waals surface area contributed by atoms with Crippen LogP contribution in [0.15, 0.2) is 18.2 Å². The van der Waals surface area contributed by atoms with Gasteiger partial charge in [0.05, 0.1) is 17.7 Å². The van der Waals surface area contributed by atoms with Gasteiger partial charge in [0.2, 0.25) is 0 Å². The van der Waals surface area contributed by atoms with Crippen LogP contribution in [0.3, 0.4) is 0 Å². The van der Waals surface area contributed by atoms with Crippen molar-refractivity contribution in [1.82, 2.24) is 0 Å². The van der Waals surface area contributed by atoms with Gasteiger partial charge < -0.3 is 9.47 Å². The fraction of sp³-hybridized carbons (Fsp3) is 0.250. The molecule has 2 rings (SSSR count). The molecule has 0 aromatic heterocycles. The molecule has 1 aliphatic rings. The summed E-state index contributed by atoms with van der Waals surface area (Å²) >= 11 is 0. The fourth-order valence-electron chi connectivity index (χ4n) is 2.21. The maximum absolute atomic E-state index is 12.0. The van der Waals surface area contributed by atoms with E-state index in [0.717, 1.165) is 12.2 Å². The summed E-state index contributed by atoms with van der Waals surface area (Å²) < 4.78 is 10.0. The van der Waals surface area contributed by atoms with Crippen LogP contribution in [0.2, 0.25) is 0 Å².